The number of rotatable bonds is 8. The van der Waals surface area contributed by atoms with Crippen LogP contribution >= 0.6 is 0 Å². The number of hydrogen-bond acceptors (Lipinski definition) is 3. The van der Waals surface area contributed by atoms with E-state index in [4.69, 9.17) is 4.74 Å². The number of amides is 1. The van der Waals surface area contributed by atoms with Crippen molar-refractivity contribution in [1.82, 2.24) is 10.6 Å². The Balaban J connectivity index is 3.44. The molecule has 0 aromatic rings. The third-order valence-corrected chi connectivity index (χ3v) is 1.98. The van der Waals surface area contributed by atoms with Gasteiger partial charge in [0.2, 0.25) is 5.91 Å². The van der Waals surface area contributed by atoms with Crippen LogP contribution in [0.15, 0.2) is 0 Å². The van der Waals surface area contributed by atoms with E-state index in [-0.39, 0.29) is 11.9 Å². The molecule has 1 atom stereocenters. The maximum atomic E-state index is 11.4. The molecule has 4 nitrogen and oxygen atoms in total. The first kappa shape index (κ1) is 13.4. The van der Waals surface area contributed by atoms with Crippen molar-refractivity contribution in [3.8, 4) is 0 Å². The van der Waals surface area contributed by atoms with Crippen LogP contribution in [0, 0.1) is 0 Å². The number of carbonyl (C=O) groups excluding carboxylic acids is 1. The highest BCUT2D eigenvalue weighted by Crippen LogP contribution is 1.86. The third-order valence-electron chi connectivity index (χ3n) is 1.98. The van der Waals surface area contributed by atoms with E-state index in [1.54, 1.807) is 7.11 Å². The Morgan fingerprint density at radius 2 is 2.14 bits per heavy atom. The summed E-state index contributed by atoms with van der Waals surface area (Å²) in [7, 11) is 1.62. The Morgan fingerprint density at radius 3 is 2.71 bits per heavy atom. The van der Waals surface area contributed by atoms with Gasteiger partial charge >= 0.3 is 0 Å². The Kier molecular flexibility index (Phi) is 8.57. The molecule has 0 bridgehead atoms. The maximum absolute atomic E-state index is 11.4. The average Bonchev–Trinajstić information content (AvgIpc) is 2.18. The number of carbonyl (C=O) groups is 1. The molecule has 14 heavy (non-hydrogen) atoms. The summed E-state index contributed by atoms with van der Waals surface area (Å²) < 4.78 is 4.84. The summed E-state index contributed by atoms with van der Waals surface area (Å²) in [6.45, 7) is 6.04. The molecule has 1 amide bonds. The van der Waals surface area contributed by atoms with Crippen LogP contribution in [-0.2, 0) is 9.53 Å². The highest BCUT2D eigenvalue weighted by atomic mass is 16.5. The van der Waals surface area contributed by atoms with Gasteiger partial charge in [0.25, 0.3) is 0 Å². The van der Waals surface area contributed by atoms with Gasteiger partial charge < -0.3 is 15.4 Å². The zero-order chi connectivity index (χ0) is 10.8. The van der Waals surface area contributed by atoms with E-state index in [1.807, 2.05) is 6.92 Å². The van der Waals surface area contributed by atoms with Gasteiger partial charge in [-0.05, 0) is 19.9 Å². The van der Waals surface area contributed by atoms with E-state index in [1.165, 1.54) is 0 Å². The molecular formula is C10H22N2O2. The summed E-state index contributed by atoms with van der Waals surface area (Å²) in [5.41, 5.74) is 0. The van der Waals surface area contributed by atoms with Crippen LogP contribution < -0.4 is 10.6 Å². The zero-order valence-corrected chi connectivity index (χ0v) is 9.43. The smallest absolute Gasteiger partial charge is 0.236 e. The first-order valence-electron chi connectivity index (χ1n) is 5.22. The van der Waals surface area contributed by atoms with Crippen LogP contribution in [0.3, 0.4) is 0 Å². The van der Waals surface area contributed by atoms with E-state index in [0.29, 0.717) is 13.2 Å². The lowest BCUT2D eigenvalue weighted by molar-refractivity contribution is -0.122. The van der Waals surface area contributed by atoms with Gasteiger partial charge in [0.15, 0.2) is 0 Å². The molecule has 0 aliphatic carbocycles. The van der Waals surface area contributed by atoms with Crippen molar-refractivity contribution in [3.63, 3.8) is 0 Å². The average molecular weight is 202 g/mol. The van der Waals surface area contributed by atoms with E-state index < -0.39 is 0 Å². The van der Waals surface area contributed by atoms with Gasteiger partial charge in [0.1, 0.15) is 0 Å². The minimum atomic E-state index is -0.113. The largest absolute Gasteiger partial charge is 0.383 e. The predicted molar refractivity (Wildman–Crippen MR) is 57.3 cm³/mol. The van der Waals surface area contributed by atoms with E-state index in [2.05, 4.69) is 17.6 Å². The molecule has 0 fully saturated rings. The number of unbranched alkanes of at least 4 members (excludes halogenated alkanes) is 1. The lowest BCUT2D eigenvalue weighted by Crippen LogP contribution is -2.43. The van der Waals surface area contributed by atoms with E-state index in [0.717, 1.165) is 19.4 Å². The zero-order valence-electron chi connectivity index (χ0n) is 9.43. The molecule has 0 aliphatic rings. The normalized spacial score (nSPS) is 12.5. The fraction of sp³-hybridized carbons (Fsp3) is 0.900. The lowest BCUT2D eigenvalue weighted by Gasteiger charge is -2.13. The Labute approximate surface area is 86.4 Å². The first-order chi connectivity index (χ1) is 6.72. The molecule has 0 aliphatic heterocycles. The summed E-state index contributed by atoms with van der Waals surface area (Å²) in [4.78, 5) is 11.4. The quantitative estimate of drug-likeness (QED) is 0.564. The Bertz CT molecular complexity index is 151. The molecule has 0 aromatic heterocycles. The van der Waals surface area contributed by atoms with Crippen molar-refractivity contribution in [1.29, 1.82) is 0 Å². The topological polar surface area (TPSA) is 50.4 Å². The molecule has 1 unspecified atom stereocenters. The van der Waals surface area contributed by atoms with Gasteiger partial charge in [0.05, 0.1) is 12.6 Å². The fourth-order valence-corrected chi connectivity index (χ4v) is 1.02. The second-order valence-corrected chi connectivity index (χ2v) is 3.31. The van der Waals surface area contributed by atoms with Crippen LogP contribution in [0.4, 0.5) is 0 Å². The van der Waals surface area contributed by atoms with Crippen LogP contribution in [0.25, 0.3) is 0 Å². The lowest BCUT2D eigenvalue weighted by atomic mass is 10.3. The van der Waals surface area contributed by atoms with Gasteiger partial charge in [0, 0.05) is 13.7 Å². The monoisotopic (exact) mass is 202 g/mol. The molecule has 0 rings (SSSR count). The van der Waals surface area contributed by atoms with Crippen molar-refractivity contribution in [3.05, 3.63) is 0 Å². The van der Waals surface area contributed by atoms with Gasteiger partial charge in [-0.25, -0.2) is 0 Å². The second kappa shape index (κ2) is 8.97. The number of ether oxygens (including phenoxy) is 1. The van der Waals surface area contributed by atoms with Crippen LogP contribution in [0.2, 0.25) is 0 Å². The van der Waals surface area contributed by atoms with Crippen molar-refractivity contribution in [2.45, 2.75) is 32.7 Å². The SMILES string of the molecule is CCCCNC(C)C(=O)NCCOC. The summed E-state index contributed by atoms with van der Waals surface area (Å²) in [6, 6.07) is -0.113. The molecular weight excluding hydrogens is 180 g/mol. The number of hydrogen-bond donors (Lipinski definition) is 2. The molecule has 0 aromatic carbocycles. The Hall–Kier alpha value is -0.610. The summed E-state index contributed by atoms with van der Waals surface area (Å²) >= 11 is 0. The van der Waals surface area contributed by atoms with Crippen molar-refractivity contribution < 1.29 is 9.53 Å². The molecule has 0 radical (unpaired) electrons. The molecule has 2 N–H and O–H groups in total. The molecule has 0 saturated heterocycles. The summed E-state index contributed by atoms with van der Waals surface area (Å²) in [5, 5.41) is 5.94. The summed E-state index contributed by atoms with van der Waals surface area (Å²) in [6.07, 6.45) is 2.25. The standard InChI is InChI=1S/C10H22N2O2/c1-4-5-6-11-9(2)10(13)12-7-8-14-3/h9,11H,4-8H2,1-3H3,(H,12,13). The summed E-state index contributed by atoms with van der Waals surface area (Å²) in [5.74, 6) is 0.0400. The van der Waals surface area contributed by atoms with Gasteiger partial charge in [-0.2, -0.15) is 0 Å². The number of nitrogens with one attached hydrogen (secondary N) is 2. The molecule has 84 valence electrons. The molecule has 0 heterocycles. The minimum absolute atomic E-state index is 0.0400. The molecule has 0 saturated carbocycles. The van der Waals surface area contributed by atoms with Gasteiger partial charge in [-0.15, -0.1) is 0 Å². The van der Waals surface area contributed by atoms with Crippen molar-refractivity contribution in [2.24, 2.45) is 0 Å². The van der Waals surface area contributed by atoms with Gasteiger partial charge in [-0.1, -0.05) is 13.3 Å². The third kappa shape index (κ3) is 6.86. The number of methoxy groups -OCH3 is 1. The highest BCUT2D eigenvalue weighted by molar-refractivity contribution is 5.81. The maximum Gasteiger partial charge on any atom is 0.236 e. The van der Waals surface area contributed by atoms with Crippen LogP contribution in [-0.4, -0.2) is 38.8 Å². The van der Waals surface area contributed by atoms with E-state index in [9.17, 15) is 4.79 Å². The van der Waals surface area contributed by atoms with Crippen LogP contribution in [0.1, 0.15) is 26.7 Å². The minimum Gasteiger partial charge on any atom is -0.383 e. The van der Waals surface area contributed by atoms with Crippen molar-refractivity contribution in [2.75, 3.05) is 26.8 Å². The molecule has 0 spiro atoms. The second-order valence-electron chi connectivity index (χ2n) is 3.31. The van der Waals surface area contributed by atoms with Crippen molar-refractivity contribution >= 4 is 5.91 Å². The van der Waals surface area contributed by atoms with E-state index >= 15 is 0 Å². The Morgan fingerprint density at radius 1 is 1.43 bits per heavy atom. The van der Waals surface area contributed by atoms with Gasteiger partial charge in [-0.3, -0.25) is 4.79 Å². The van der Waals surface area contributed by atoms with Crippen LogP contribution in [0.5, 0.6) is 0 Å². The fourth-order valence-electron chi connectivity index (χ4n) is 1.02. The molecule has 4 heteroatoms. The highest BCUT2D eigenvalue weighted by Gasteiger charge is 2.09. The first-order valence-corrected chi connectivity index (χ1v) is 5.22. The predicted octanol–water partition coefficient (Wildman–Crippen LogP) is 0.527.